The van der Waals surface area contributed by atoms with Gasteiger partial charge in [-0.15, -0.1) is 3.42 Å². The van der Waals surface area contributed by atoms with E-state index in [4.69, 9.17) is 0 Å². The van der Waals surface area contributed by atoms with Crippen molar-refractivity contribution in [2.45, 2.75) is 41.9 Å². The molecule has 0 unspecified atom stereocenters. The highest BCUT2D eigenvalue weighted by Crippen LogP contribution is 2.53. The van der Waals surface area contributed by atoms with Crippen molar-refractivity contribution in [2.75, 3.05) is 0 Å². The van der Waals surface area contributed by atoms with Gasteiger partial charge in [0.2, 0.25) is 0 Å². The van der Waals surface area contributed by atoms with Gasteiger partial charge in [0.25, 0.3) is 0 Å². The maximum atomic E-state index is 2.77. The Morgan fingerprint density at radius 2 is 1.18 bits per heavy atom. The lowest BCUT2D eigenvalue weighted by Crippen LogP contribution is -3.43. The van der Waals surface area contributed by atoms with Gasteiger partial charge in [-0.05, 0) is 37.0 Å². The van der Waals surface area contributed by atoms with Gasteiger partial charge < -0.3 is 22.6 Å². The molecule has 0 amide bonds. The van der Waals surface area contributed by atoms with E-state index in [1.807, 2.05) is 0 Å². The minimum atomic E-state index is 0.770. The molecule has 0 atom stereocenters. The zero-order valence-corrected chi connectivity index (χ0v) is 9.01. The maximum Gasteiger partial charge on any atom is -0.0422 e. The fourth-order valence-electron chi connectivity index (χ4n) is 4.00. The Bertz CT molecular complexity index is 150. The molecular formula is C10H15I-. The summed E-state index contributed by atoms with van der Waals surface area (Å²) in [6.07, 6.45) is 9.42. The van der Waals surface area contributed by atoms with Gasteiger partial charge in [-0.1, -0.05) is 19.3 Å². The van der Waals surface area contributed by atoms with E-state index in [1.54, 1.807) is 38.5 Å². The average molecular weight is 262 g/mol. The van der Waals surface area contributed by atoms with Crippen LogP contribution in [-0.4, -0.2) is 3.42 Å². The zero-order chi connectivity index (χ0) is 7.47. The summed E-state index contributed by atoms with van der Waals surface area (Å²) >= 11 is 2.77. The van der Waals surface area contributed by atoms with Crippen molar-refractivity contribution in [3.05, 3.63) is 0 Å². The lowest BCUT2D eigenvalue weighted by molar-refractivity contribution is -0.504. The number of halogens is 1. The standard InChI is InChI=1S/C10H15I/c11-10-4-7-1-8(5-10)3-9(2-7)6-10/h7-9H,1-6H2/q-1. The highest BCUT2D eigenvalue weighted by Gasteiger charge is 2.43. The predicted molar refractivity (Wildman–Crippen MR) is 40.9 cm³/mol. The van der Waals surface area contributed by atoms with Crippen molar-refractivity contribution >= 4 is 0 Å². The second-order valence-corrected chi connectivity index (χ2v) is 7.36. The van der Waals surface area contributed by atoms with Crippen LogP contribution in [0.5, 0.6) is 0 Å². The van der Waals surface area contributed by atoms with Crippen LogP contribution in [0.2, 0.25) is 0 Å². The Labute approximate surface area is 82.3 Å². The molecule has 4 fully saturated rings. The molecule has 11 heavy (non-hydrogen) atoms. The van der Waals surface area contributed by atoms with E-state index in [0.717, 1.165) is 21.2 Å². The van der Waals surface area contributed by atoms with Gasteiger partial charge in [0.15, 0.2) is 0 Å². The van der Waals surface area contributed by atoms with Gasteiger partial charge in [-0.25, -0.2) is 0 Å². The molecule has 0 spiro atoms. The summed E-state index contributed by atoms with van der Waals surface area (Å²) in [4.78, 5) is 0. The second-order valence-electron chi connectivity index (χ2n) is 5.07. The Morgan fingerprint density at radius 1 is 0.818 bits per heavy atom. The van der Waals surface area contributed by atoms with E-state index in [-0.39, 0.29) is 0 Å². The number of rotatable bonds is 0. The zero-order valence-electron chi connectivity index (χ0n) is 6.85. The molecule has 4 saturated carbocycles. The van der Waals surface area contributed by atoms with E-state index in [2.05, 4.69) is 22.6 Å². The Morgan fingerprint density at radius 3 is 1.45 bits per heavy atom. The molecule has 0 nitrogen and oxygen atoms in total. The molecule has 1 radical (unpaired) electrons. The predicted octanol–water partition coefficient (Wildman–Crippen LogP) is -0.492. The van der Waals surface area contributed by atoms with Gasteiger partial charge in [0.05, 0.1) is 0 Å². The summed E-state index contributed by atoms with van der Waals surface area (Å²) in [5.74, 6) is 3.41. The Balaban J connectivity index is 1.94. The quantitative estimate of drug-likeness (QED) is 0.408. The van der Waals surface area contributed by atoms with Crippen LogP contribution in [0.25, 0.3) is 0 Å². The first-order valence-corrected chi connectivity index (χ1v) is 6.00. The summed E-state index contributed by atoms with van der Waals surface area (Å²) in [7, 11) is 0. The van der Waals surface area contributed by atoms with E-state index >= 15 is 0 Å². The minimum absolute atomic E-state index is 0.770. The summed E-state index contributed by atoms with van der Waals surface area (Å²) in [6.45, 7) is 0. The molecule has 4 aliphatic rings. The fourth-order valence-corrected chi connectivity index (χ4v) is 5.87. The van der Waals surface area contributed by atoms with Crippen LogP contribution in [0.3, 0.4) is 0 Å². The molecule has 0 aromatic carbocycles. The normalized spacial score (nSPS) is 60.3. The smallest absolute Gasteiger partial charge is 0.0422 e. The number of hydrogen-bond donors (Lipinski definition) is 0. The lowest BCUT2D eigenvalue weighted by atomic mass is 9.56. The molecule has 4 rings (SSSR count). The van der Waals surface area contributed by atoms with Crippen LogP contribution in [0.4, 0.5) is 0 Å². The summed E-state index contributed by atoms with van der Waals surface area (Å²) in [6, 6.07) is 0. The Hall–Kier alpha value is 0.730. The van der Waals surface area contributed by atoms with Gasteiger partial charge >= 0.3 is 0 Å². The van der Waals surface area contributed by atoms with Crippen molar-refractivity contribution in [2.24, 2.45) is 17.8 Å². The van der Waals surface area contributed by atoms with Crippen LogP contribution in [0.15, 0.2) is 0 Å². The first-order valence-electron chi connectivity index (χ1n) is 4.92. The topological polar surface area (TPSA) is 0 Å². The third kappa shape index (κ3) is 1.06. The molecular weight excluding hydrogens is 247 g/mol. The van der Waals surface area contributed by atoms with Crippen LogP contribution < -0.4 is 22.6 Å². The van der Waals surface area contributed by atoms with Crippen molar-refractivity contribution in [1.29, 1.82) is 0 Å². The highest BCUT2D eigenvalue weighted by molar-refractivity contribution is 5.00. The van der Waals surface area contributed by atoms with Crippen LogP contribution >= 0.6 is 0 Å². The molecule has 4 aliphatic carbocycles. The highest BCUT2D eigenvalue weighted by atomic mass is 127. The fraction of sp³-hybridized carbons (Fsp3) is 1.00. The molecule has 0 aromatic rings. The molecule has 63 valence electrons. The minimum Gasteiger partial charge on any atom is -0.790 e. The molecule has 0 aliphatic heterocycles. The third-order valence-electron chi connectivity index (χ3n) is 3.96. The van der Waals surface area contributed by atoms with E-state index in [9.17, 15) is 0 Å². The third-order valence-corrected chi connectivity index (χ3v) is 5.28. The van der Waals surface area contributed by atoms with E-state index in [1.165, 1.54) is 0 Å². The number of hydrogen-bond acceptors (Lipinski definition) is 0. The molecule has 0 aromatic heterocycles. The van der Waals surface area contributed by atoms with Crippen molar-refractivity contribution in [1.82, 2.24) is 0 Å². The van der Waals surface area contributed by atoms with Gasteiger partial charge in [-0.3, -0.25) is 0 Å². The van der Waals surface area contributed by atoms with Gasteiger partial charge in [0, 0.05) is 0 Å². The average Bonchev–Trinajstić information content (AvgIpc) is 1.79. The first kappa shape index (κ1) is 7.16. The maximum absolute atomic E-state index is 2.77. The van der Waals surface area contributed by atoms with Crippen LogP contribution in [0.1, 0.15) is 38.5 Å². The Kier molecular flexibility index (Phi) is 1.40. The van der Waals surface area contributed by atoms with Gasteiger partial charge in [0.1, 0.15) is 0 Å². The number of alkyl halides is 1. The lowest BCUT2D eigenvalue weighted by Gasteiger charge is -2.61. The molecule has 0 N–H and O–H groups in total. The molecule has 1 heteroatoms. The molecule has 0 saturated heterocycles. The van der Waals surface area contributed by atoms with Crippen molar-refractivity contribution in [3.8, 4) is 0 Å². The molecule has 4 bridgehead atoms. The SMILES string of the molecule is [I-]C12CC3CC(CC(C3)C1)C2. The first-order chi connectivity index (χ1) is 5.23. The van der Waals surface area contributed by atoms with Crippen LogP contribution in [-0.2, 0) is 0 Å². The second kappa shape index (κ2) is 2.15. The molecule has 0 heterocycles. The summed E-state index contributed by atoms with van der Waals surface area (Å²) in [5.41, 5.74) is 0. The van der Waals surface area contributed by atoms with E-state index < -0.39 is 0 Å². The van der Waals surface area contributed by atoms with Crippen LogP contribution in [0, 0.1) is 17.8 Å². The van der Waals surface area contributed by atoms with Crippen molar-refractivity contribution in [3.63, 3.8) is 0 Å². The van der Waals surface area contributed by atoms with E-state index in [0.29, 0.717) is 0 Å². The monoisotopic (exact) mass is 262 g/mol. The van der Waals surface area contributed by atoms with Gasteiger partial charge in [-0.2, -0.15) is 0 Å². The summed E-state index contributed by atoms with van der Waals surface area (Å²) in [5, 5.41) is 0. The largest absolute Gasteiger partial charge is 0.790 e. The van der Waals surface area contributed by atoms with Crippen molar-refractivity contribution < 1.29 is 22.6 Å². The summed E-state index contributed by atoms with van der Waals surface area (Å²) < 4.78 is 0.770.